The summed E-state index contributed by atoms with van der Waals surface area (Å²) in [6.45, 7) is 0. The standard InChI is InChI=1S/C23H22F3N3O6S2/c1-29(2)19(30)9-5-13-3-6-14(7-4-13)15-12-22(15,21(31)32)28-37(33,34)20-10-8-17(36-20)16-11-18(35-27-16)23(24,25)26/h3-4,6-8,10-11,15,28H,5,9,12H2,1-2H3,(H,31,32)/t15-,22-/m0/s1. The van der Waals surface area contributed by atoms with Crippen molar-refractivity contribution in [2.24, 2.45) is 0 Å². The number of thiophene rings is 1. The van der Waals surface area contributed by atoms with Crippen molar-refractivity contribution in [3.63, 3.8) is 0 Å². The third-order valence-electron chi connectivity index (χ3n) is 6.06. The number of carbonyl (C=O) groups is 2. The first-order valence-corrected chi connectivity index (χ1v) is 13.2. The minimum absolute atomic E-state index is 0.0216. The number of benzene rings is 1. The molecular weight excluding hydrogens is 535 g/mol. The van der Waals surface area contributed by atoms with Gasteiger partial charge in [-0.3, -0.25) is 9.59 Å². The number of hydrogen-bond donors (Lipinski definition) is 2. The number of alkyl halides is 3. The van der Waals surface area contributed by atoms with Crippen LogP contribution in [-0.2, 0) is 32.2 Å². The molecule has 0 saturated heterocycles. The van der Waals surface area contributed by atoms with Gasteiger partial charge in [0, 0.05) is 32.5 Å². The van der Waals surface area contributed by atoms with E-state index >= 15 is 0 Å². The molecule has 2 N–H and O–H groups in total. The maximum absolute atomic E-state index is 13.0. The lowest BCUT2D eigenvalue weighted by Crippen LogP contribution is -2.44. The van der Waals surface area contributed by atoms with Gasteiger partial charge in [-0.2, -0.15) is 17.9 Å². The number of nitrogens with zero attached hydrogens (tertiary/aromatic N) is 2. The molecule has 2 atom stereocenters. The number of nitrogens with one attached hydrogen (secondary N) is 1. The molecule has 14 heteroatoms. The summed E-state index contributed by atoms with van der Waals surface area (Å²) in [6, 6.07) is 10.1. The predicted molar refractivity (Wildman–Crippen MR) is 126 cm³/mol. The van der Waals surface area contributed by atoms with E-state index in [0.29, 0.717) is 35.8 Å². The van der Waals surface area contributed by atoms with Crippen LogP contribution in [0.15, 0.2) is 51.2 Å². The molecule has 1 saturated carbocycles. The van der Waals surface area contributed by atoms with Crippen LogP contribution in [0.25, 0.3) is 10.6 Å². The van der Waals surface area contributed by atoms with Gasteiger partial charge in [0.2, 0.25) is 11.7 Å². The Labute approximate surface area is 213 Å². The van der Waals surface area contributed by atoms with Gasteiger partial charge in [0.25, 0.3) is 10.0 Å². The molecule has 9 nitrogen and oxygen atoms in total. The number of aryl methyl sites for hydroxylation is 1. The normalized spacial score (nSPS) is 19.5. The van der Waals surface area contributed by atoms with E-state index in [9.17, 15) is 36.3 Å². The SMILES string of the molecule is CN(C)C(=O)CCc1ccc([C@@H]2C[C@@]2(NS(=O)(=O)c2ccc(-c3cc(C(F)(F)F)on3)s2)C(=O)O)cc1. The number of sulfonamides is 1. The highest BCUT2D eigenvalue weighted by molar-refractivity contribution is 7.91. The summed E-state index contributed by atoms with van der Waals surface area (Å²) < 4.78 is 70.6. The van der Waals surface area contributed by atoms with Gasteiger partial charge in [-0.05, 0) is 36.1 Å². The number of aliphatic carboxylic acids is 1. The number of carboxylic acids is 1. The number of aromatic nitrogens is 1. The van der Waals surface area contributed by atoms with E-state index in [1.54, 1.807) is 38.4 Å². The van der Waals surface area contributed by atoms with Gasteiger partial charge in [-0.25, -0.2) is 8.42 Å². The summed E-state index contributed by atoms with van der Waals surface area (Å²) in [4.78, 5) is 25.5. The van der Waals surface area contributed by atoms with Crippen LogP contribution in [0.3, 0.4) is 0 Å². The van der Waals surface area contributed by atoms with Crippen molar-refractivity contribution in [2.45, 2.75) is 41.1 Å². The monoisotopic (exact) mass is 557 g/mol. The van der Waals surface area contributed by atoms with Crippen LogP contribution >= 0.6 is 11.3 Å². The van der Waals surface area contributed by atoms with Gasteiger partial charge in [0.15, 0.2) is 0 Å². The van der Waals surface area contributed by atoms with E-state index in [0.717, 1.165) is 5.56 Å². The van der Waals surface area contributed by atoms with Crippen molar-refractivity contribution in [1.29, 1.82) is 0 Å². The molecule has 1 fully saturated rings. The van der Waals surface area contributed by atoms with Gasteiger partial charge in [0.05, 0.1) is 4.88 Å². The van der Waals surface area contributed by atoms with E-state index in [-0.39, 0.29) is 27.1 Å². The van der Waals surface area contributed by atoms with Crippen molar-refractivity contribution >= 4 is 33.2 Å². The first-order valence-electron chi connectivity index (χ1n) is 10.9. The van der Waals surface area contributed by atoms with Crippen LogP contribution in [-0.4, -0.2) is 55.1 Å². The molecular formula is C23H22F3N3O6S2. The van der Waals surface area contributed by atoms with E-state index < -0.39 is 39.4 Å². The maximum Gasteiger partial charge on any atom is 0.452 e. The van der Waals surface area contributed by atoms with Crippen LogP contribution in [0.4, 0.5) is 13.2 Å². The number of hydrogen-bond acceptors (Lipinski definition) is 7. The van der Waals surface area contributed by atoms with E-state index in [2.05, 4.69) is 14.4 Å². The molecule has 1 amide bonds. The van der Waals surface area contributed by atoms with Crippen molar-refractivity contribution in [3.05, 3.63) is 59.4 Å². The van der Waals surface area contributed by atoms with Crippen LogP contribution in [0.2, 0.25) is 0 Å². The van der Waals surface area contributed by atoms with Crippen molar-refractivity contribution in [3.8, 4) is 10.6 Å². The lowest BCUT2D eigenvalue weighted by molar-refractivity contribution is -0.155. The summed E-state index contributed by atoms with van der Waals surface area (Å²) >= 11 is 0.642. The summed E-state index contributed by atoms with van der Waals surface area (Å²) in [5.41, 5.74) is -0.443. The fraction of sp³-hybridized carbons (Fsp3) is 0.348. The molecule has 1 aliphatic carbocycles. The number of halogens is 3. The molecule has 0 radical (unpaired) electrons. The molecule has 4 rings (SSSR count). The lowest BCUT2D eigenvalue weighted by Gasteiger charge is -2.15. The Morgan fingerprint density at radius 1 is 1.22 bits per heavy atom. The average molecular weight is 558 g/mol. The van der Waals surface area contributed by atoms with Crippen LogP contribution in [0, 0.1) is 0 Å². The quantitative estimate of drug-likeness (QED) is 0.410. The molecule has 0 unspecified atom stereocenters. The highest BCUT2D eigenvalue weighted by Crippen LogP contribution is 2.52. The number of amides is 1. The predicted octanol–water partition coefficient (Wildman–Crippen LogP) is 3.73. The summed E-state index contributed by atoms with van der Waals surface area (Å²) in [7, 11) is -0.986. The Kier molecular flexibility index (Phi) is 6.94. The molecule has 37 heavy (non-hydrogen) atoms. The second kappa shape index (κ2) is 9.58. The second-order valence-corrected chi connectivity index (χ2v) is 11.9. The fourth-order valence-corrected chi connectivity index (χ4v) is 6.53. The lowest BCUT2D eigenvalue weighted by atomic mass is 10.0. The topological polar surface area (TPSA) is 130 Å². The Balaban J connectivity index is 1.48. The van der Waals surface area contributed by atoms with Gasteiger partial charge >= 0.3 is 12.1 Å². The zero-order valence-corrected chi connectivity index (χ0v) is 21.2. The maximum atomic E-state index is 13.0. The van der Waals surface area contributed by atoms with E-state index in [1.807, 2.05) is 0 Å². The second-order valence-electron chi connectivity index (χ2n) is 8.86. The molecule has 2 aromatic heterocycles. The smallest absolute Gasteiger partial charge is 0.452 e. The summed E-state index contributed by atoms with van der Waals surface area (Å²) in [5.74, 6) is -3.31. The van der Waals surface area contributed by atoms with Crippen LogP contribution in [0.1, 0.15) is 35.6 Å². The molecule has 0 aliphatic heterocycles. The third kappa shape index (κ3) is 5.55. The molecule has 1 aliphatic rings. The van der Waals surface area contributed by atoms with E-state index in [1.165, 1.54) is 17.0 Å². The minimum atomic E-state index is -4.74. The third-order valence-corrected chi connectivity index (χ3v) is 9.17. The Morgan fingerprint density at radius 3 is 2.46 bits per heavy atom. The molecule has 198 valence electrons. The minimum Gasteiger partial charge on any atom is -0.480 e. The number of carbonyl (C=O) groups excluding carboxylic acids is 1. The molecule has 0 bridgehead atoms. The number of rotatable bonds is 9. The number of carboxylic acid groups (broad SMARTS) is 1. The molecule has 1 aromatic carbocycles. The summed E-state index contributed by atoms with van der Waals surface area (Å²) in [6.07, 6.45) is -3.88. The van der Waals surface area contributed by atoms with Gasteiger partial charge in [-0.15, -0.1) is 11.3 Å². The molecule has 3 aromatic rings. The first kappa shape index (κ1) is 26.8. The highest BCUT2D eigenvalue weighted by Gasteiger charge is 2.63. The zero-order valence-electron chi connectivity index (χ0n) is 19.6. The van der Waals surface area contributed by atoms with Gasteiger partial charge in [0.1, 0.15) is 15.4 Å². The Bertz CT molecular complexity index is 1430. The van der Waals surface area contributed by atoms with E-state index in [4.69, 9.17) is 0 Å². The Morgan fingerprint density at radius 2 is 1.89 bits per heavy atom. The zero-order chi connectivity index (χ0) is 27.2. The molecule has 2 heterocycles. The fourth-order valence-electron chi connectivity index (χ4n) is 3.87. The average Bonchev–Trinajstić information content (AvgIpc) is 3.19. The van der Waals surface area contributed by atoms with Crippen molar-refractivity contribution in [1.82, 2.24) is 14.8 Å². The first-order chi connectivity index (χ1) is 17.2. The van der Waals surface area contributed by atoms with Crippen LogP contribution < -0.4 is 4.72 Å². The largest absolute Gasteiger partial charge is 0.480 e. The molecule has 0 spiro atoms. The van der Waals surface area contributed by atoms with Crippen molar-refractivity contribution in [2.75, 3.05) is 14.1 Å². The van der Waals surface area contributed by atoms with Crippen LogP contribution in [0.5, 0.6) is 0 Å². The summed E-state index contributed by atoms with van der Waals surface area (Å²) in [5, 5.41) is 13.2. The Hall–Kier alpha value is -3.23. The van der Waals surface area contributed by atoms with Crippen molar-refractivity contribution < 1.29 is 40.8 Å². The van der Waals surface area contributed by atoms with Gasteiger partial charge < -0.3 is 14.5 Å². The highest BCUT2D eigenvalue weighted by atomic mass is 32.2. The van der Waals surface area contributed by atoms with Gasteiger partial charge in [-0.1, -0.05) is 29.4 Å².